The molecule has 1 aliphatic rings. The number of rotatable bonds is 2. The second kappa shape index (κ2) is 5.53. The zero-order valence-corrected chi connectivity index (χ0v) is 14.2. The Hall–Kier alpha value is -1.98. The van der Waals surface area contributed by atoms with Crippen molar-refractivity contribution >= 4 is 34.1 Å². The molecule has 0 spiro atoms. The van der Waals surface area contributed by atoms with Gasteiger partial charge in [0.05, 0.1) is 5.39 Å². The van der Waals surface area contributed by atoms with Crippen LogP contribution in [0.25, 0.3) is 22.2 Å². The lowest BCUT2D eigenvalue weighted by Gasteiger charge is -2.12. The number of pyridine rings is 1. The van der Waals surface area contributed by atoms with E-state index in [1.165, 1.54) is 18.2 Å². The molecule has 0 aliphatic heterocycles. The second-order valence-electron chi connectivity index (χ2n) is 5.88. The maximum absolute atomic E-state index is 14.3. The Kier molecular flexibility index (Phi) is 3.58. The number of halogens is 3. The van der Waals surface area contributed by atoms with Gasteiger partial charge in [-0.05, 0) is 44.0 Å². The molecule has 0 unspecified atom stereocenters. The van der Waals surface area contributed by atoms with Crippen LogP contribution in [0.5, 0.6) is 0 Å². The highest BCUT2D eigenvalue weighted by Gasteiger charge is 2.28. The predicted octanol–water partition coefficient (Wildman–Crippen LogP) is 4.55. The van der Waals surface area contributed by atoms with E-state index < -0.39 is 5.82 Å². The predicted molar refractivity (Wildman–Crippen MR) is 92.2 cm³/mol. The number of aryl methyl sites for hydroxylation is 1. The molecule has 0 N–H and O–H groups in total. The summed E-state index contributed by atoms with van der Waals surface area (Å²) < 4.78 is 16.0. The highest BCUT2D eigenvalue weighted by atomic mass is 35.5. The van der Waals surface area contributed by atoms with Gasteiger partial charge in [-0.2, -0.15) is 0 Å². The standard InChI is InChI=1S/C17H12Cl2FN3O/c1-8-21-16-12(17(24)23(8)10-3-4-10)7-14(19)22-15(16)11-5-2-9(18)6-13(11)20/h2,5-7,10H,3-4H2,1H3. The third kappa shape index (κ3) is 2.48. The van der Waals surface area contributed by atoms with Crippen LogP contribution in [0.2, 0.25) is 10.2 Å². The van der Waals surface area contributed by atoms with E-state index in [0.717, 1.165) is 12.8 Å². The molecule has 24 heavy (non-hydrogen) atoms. The molecule has 3 aromatic rings. The molecule has 2 heterocycles. The number of hydrogen-bond donors (Lipinski definition) is 0. The fraction of sp³-hybridized carbons (Fsp3) is 0.235. The number of aromatic nitrogens is 3. The summed E-state index contributed by atoms with van der Waals surface area (Å²) in [4.78, 5) is 21.6. The molecule has 0 atom stereocenters. The van der Waals surface area contributed by atoms with Crippen LogP contribution in [0.4, 0.5) is 4.39 Å². The first-order chi connectivity index (χ1) is 11.5. The summed E-state index contributed by atoms with van der Waals surface area (Å²) in [5.41, 5.74) is 0.636. The molecule has 0 radical (unpaired) electrons. The number of nitrogens with zero attached hydrogens (tertiary/aromatic N) is 3. The first-order valence-corrected chi connectivity index (χ1v) is 8.26. The molecule has 2 aromatic heterocycles. The molecular formula is C17H12Cl2FN3O. The fourth-order valence-electron chi connectivity index (χ4n) is 2.91. The lowest BCUT2D eigenvalue weighted by atomic mass is 10.1. The van der Waals surface area contributed by atoms with Gasteiger partial charge in [0.25, 0.3) is 5.56 Å². The van der Waals surface area contributed by atoms with Crippen LogP contribution >= 0.6 is 23.2 Å². The summed E-state index contributed by atoms with van der Waals surface area (Å²) in [7, 11) is 0. The summed E-state index contributed by atoms with van der Waals surface area (Å²) in [6.45, 7) is 1.77. The fourth-order valence-corrected chi connectivity index (χ4v) is 3.26. The normalized spacial score (nSPS) is 14.3. The lowest BCUT2D eigenvalue weighted by Crippen LogP contribution is -2.23. The average molecular weight is 364 g/mol. The molecule has 1 aliphatic carbocycles. The van der Waals surface area contributed by atoms with E-state index in [4.69, 9.17) is 23.2 Å². The van der Waals surface area contributed by atoms with Gasteiger partial charge < -0.3 is 0 Å². The van der Waals surface area contributed by atoms with Crippen molar-refractivity contribution in [3.8, 4) is 11.3 Å². The van der Waals surface area contributed by atoms with Crippen molar-refractivity contribution in [2.75, 3.05) is 0 Å². The van der Waals surface area contributed by atoms with E-state index in [0.29, 0.717) is 16.7 Å². The molecule has 7 heteroatoms. The average Bonchev–Trinajstić information content (AvgIpc) is 3.33. The maximum atomic E-state index is 14.3. The van der Waals surface area contributed by atoms with Crippen LogP contribution in [0.3, 0.4) is 0 Å². The quantitative estimate of drug-likeness (QED) is 0.627. The molecule has 4 rings (SSSR count). The Bertz CT molecular complexity index is 1040. The first-order valence-electron chi connectivity index (χ1n) is 7.50. The van der Waals surface area contributed by atoms with E-state index in [-0.39, 0.29) is 33.0 Å². The van der Waals surface area contributed by atoms with Gasteiger partial charge in [0.1, 0.15) is 28.0 Å². The first kappa shape index (κ1) is 15.5. The molecule has 0 amide bonds. The number of benzene rings is 1. The largest absolute Gasteiger partial charge is 0.293 e. The van der Waals surface area contributed by atoms with Crippen molar-refractivity contribution in [1.29, 1.82) is 0 Å². The van der Waals surface area contributed by atoms with Gasteiger partial charge in [0.2, 0.25) is 0 Å². The van der Waals surface area contributed by atoms with Crippen molar-refractivity contribution in [3.05, 3.63) is 56.4 Å². The van der Waals surface area contributed by atoms with E-state index >= 15 is 0 Å². The van der Waals surface area contributed by atoms with Crippen LogP contribution < -0.4 is 5.56 Å². The summed E-state index contributed by atoms with van der Waals surface area (Å²) in [6.07, 6.45) is 1.93. The van der Waals surface area contributed by atoms with Gasteiger partial charge in [-0.3, -0.25) is 9.36 Å². The van der Waals surface area contributed by atoms with Gasteiger partial charge in [-0.15, -0.1) is 0 Å². The Labute approximate surface area is 146 Å². The highest BCUT2D eigenvalue weighted by molar-refractivity contribution is 6.31. The van der Waals surface area contributed by atoms with Crippen molar-refractivity contribution in [2.45, 2.75) is 25.8 Å². The van der Waals surface area contributed by atoms with Gasteiger partial charge in [-0.1, -0.05) is 23.2 Å². The smallest absolute Gasteiger partial charge is 0.261 e. The summed E-state index contributed by atoms with van der Waals surface area (Å²) >= 11 is 11.9. The summed E-state index contributed by atoms with van der Waals surface area (Å²) in [6, 6.07) is 5.95. The Morgan fingerprint density at radius 1 is 1.21 bits per heavy atom. The molecule has 1 fully saturated rings. The highest BCUT2D eigenvalue weighted by Crippen LogP contribution is 2.36. The third-order valence-corrected chi connectivity index (χ3v) is 4.56. The van der Waals surface area contributed by atoms with Crippen molar-refractivity contribution < 1.29 is 4.39 Å². The zero-order valence-electron chi connectivity index (χ0n) is 12.7. The van der Waals surface area contributed by atoms with Gasteiger partial charge in [0, 0.05) is 16.6 Å². The van der Waals surface area contributed by atoms with Crippen molar-refractivity contribution in [1.82, 2.24) is 14.5 Å². The Morgan fingerprint density at radius 3 is 2.62 bits per heavy atom. The molecule has 4 nitrogen and oxygen atoms in total. The summed E-state index contributed by atoms with van der Waals surface area (Å²) in [5, 5.41) is 0.747. The maximum Gasteiger partial charge on any atom is 0.261 e. The monoisotopic (exact) mass is 363 g/mol. The number of fused-ring (bicyclic) bond motifs is 1. The van der Waals surface area contributed by atoms with Gasteiger partial charge in [-0.25, -0.2) is 14.4 Å². The number of hydrogen-bond acceptors (Lipinski definition) is 3. The van der Waals surface area contributed by atoms with E-state index in [1.807, 2.05) is 0 Å². The molecule has 0 bridgehead atoms. The zero-order chi connectivity index (χ0) is 17.0. The van der Waals surface area contributed by atoms with Crippen LogP contribution in [0.15, 0.2) is 29.1 Å². The van der Waals surface area contributed by atoms with E-state index in [1.54, 1.807) is 17.6 Å². The van der Waals surface area contributed by atoms with Crippen molar-refractivity contribution in [2.24, 2.45) is 0 Å². The van der Waals surface area contributed by atoms with Crippen LogP contribution in [-0.4, -0.2) is 14.5 Å². The lowest BCUT2D eigenvalue weighted by molar-refractivity contribution is 0.631. The van der Waals surface area contributed by atoms with E-state index in [2.05, 4.69) is 9.97 Å². The molecule has 122 valence electrons. The Balaban J connectivity index is 2.08. The minimum atomic E-state index is -0.538. The third-order valence-electron chi connectivity index (χ3n) is 4.13. The topological polar surface area (TPSA) is 47.8 Å². The minimum Gasteiger partial charge on any atom is -0.293 e. The Morgan fingerprint density at radius 2 is 1.96 bits per heavy atom. The molecule has 1 aromatic carbocycles. The van der Waals surface area contributed by atoms with Gasteiger partial charge in [0.15, 0.2) is 0 Å². The van der Waals surface area contributed by atoms with Crippen LogP contribution in [0.1, 0.15) is 24.7 Å². The van der Waals surface area contributed by atoms with Crippen molar-refractivity contribution in [3.63, 3.8) is 0 Å². The molecule has 1 saturated carbocycles. The molecule has 0 saturated heterocycles. The van der Waals surface area contributed by atoms with Gasteiger partial charge >= 0.3 is 0 Å². The van der Waals surface area contributed by atoms with Crippen LogP contribution in [-0.2, 0) is 0 Å². The summed E-state index contributed by atoms with van der Waals surface area (Å²) in [5.74, 6) is 0.0548. The SMILES string of the molecule is Cc1nc2c(-c3ccc(Cl)cc3F)nc(Cl)cc2c(=O)n1C1CC1. The minimum absolute atomic E-state index is 0.122. The molecular weight excluding hydrogens is 352 g/mol. The second-order valence-corrected chi connectivity index (χ2v) is 6.70. The van der Waals surface area contributed by atoms with Crippen LogP contribution in [0, 0.1) is 12.7 Å². The van der Waals surface area contributed by atoms with E-state index in [9.17, 15) is 9.18 Å².